The molecule has 3 aliphatic carbocycles. The van der Waals surface area contributed by atoms with E-state index in [2.05, 4.69) is 30.4 Å². The summed E-state index contributed by atoms with van der Waals surface area (Å²) in [5.74, 6) is 0.148. The Morgan fingerprint density at radius 2 is 1.92 bits per heavy atom. The zero-order valence-electron chi connectivity index (χ0n) is 22.1. The fourth-order valence-corrected chi connectivity index (χ4v) is 7.75. The molecule has 3 aliphatic heterocycles. The van der Waals surface area contributed by atoms with E-state index in [0.717, 1.165) is 73.6 Å². The Labute approximate surface area is 223 Å². The number of nitrogens with two attached hydrogens (primary N) is 1. The summed E-state index contributed by atoms with van der Waals surface area (Å²) >= 11 is 0. The lowest BCUT2D eigenvalue weighted by molar-refractivity contribution is -0.131. The standard InChI is InChI=1S/C31H36N4O3/c1-2-29-13-4-3-6-19-9-10-22-16-30(38)18-31(30,24(22)14-19)33-27(37)21-12-11-20-7-5-8-25(23(20)15-21)35(26(36)17-29)28(32)34-29/h9-12,14-15,25,38H,2-8,13,16-18H2,1H3,(H2,32,34)(H,33,37)/t25-,29-,30+,31+/m1/s1. The van der Waals surface area contributed by atoms with Crippen LogP contribution in [-0.4, -0.2) is 38.9 Å². The highest BCUT2D eigenvalue weighted by Gasteiger charge is 2.73. The molecule has 1 saturated carbocycles. The van der Waals surface area contributed by atoms with Crippen molar-refractivity contribution in [2.45, 2.75) is 100 Å². The van der Waals surface area contributed by atoms with Crippen LogP contribution in [-0.2, 0) is 29.6 Å². The van der Waals surface area contributed by atoms with Gasteiger partial charge in [-0.2, -0.15) is 0 Å². The van der Waals surface area contributed by atoms with Crippen LogP contribution in [0.25, 0.3) is 0 Å². The highest BCUT2D eigenvalue weighted by molar-refractivity contribution is 6.00. The van der Waals surface area contributed by atoms with E-state index in [0.29, 0.717) is 30.8 Å². The third-order valence-electron chi connectivity index (χ3n) is 10.0. The third kappa shape index (κ3) is 3.40. The van der Waals surface area contributed by atoms with Crippen molar-refractivity contribution in [3.05, 3.63) is 69.8 Å². The Kier molecular flexibility index (Phi) is 5.13. The number of aliphatic imine (C=N–C) groups is 1. The average Bonchev–Trinajstić information content (AvgIpc) is 3.41. The molecule has 4 N–H and O–H groups in total. The van der Waals surface area contributed by atoms with Crippen molar-refractivity contribution < 1.29 is 14.7 Å². The van der Waals surface area contributed by atoms with Gasteiger partial charge in [-0.1, -0.05) is 37.6 Å². The Bertz CT molecular complexity index is 1400. The molecule has 1 fully saturated rings. The maximum atomic E-state index is 13.7. The normalized spacial score (nSPS) is 33.7. The molecule has 0 radical (unpaired) electrons. The van der Waals surface area contributed by atoms with Gasteiger partial charge in [0, 0.05) is 18.4 Å². The summed E-state index contributed by atoms with van der Waals surface area (Å²) in [5.41, 5.74) is 10.6. The van der Waals surface area contributed by atoms with Gasteiger partial charge in [-0.25, -0.2) is 4.99 Å². The minimum absolute atomic E-state index is 0.0290. The first-order valence-electron chi connectivity index (χ1n) is 14.2. The van der Waals surface area contributed by atoms with E-state index >= 15 is 0 Å². The van der Waals surface area contributed by atoms with Crippen LogP contribution in [0.4, 0.5) is 0 Å². The van der Waals surface area contributed by atoms with E-state index in [1.807, 2.05) is 18.2 Å². The van der Waals surface area contributed by atoms with Crippen LogP contribution in [0.2, 0.25) is 0 Å². The number of nitrogens with one attached hydrogen (secondary N) is 1. The van der Waals surface area contributed by atoms with E-state index in [9.17, 15) is 14.7 Å². The van der Waals surface area contributed by atoms with Gasteiger partial charge in [0.25, 0.3) is 5.91 Å². The first-order chi connectivity index (χ1) is 18.3. The van der Waals surface area contributed by atoms with Gasteiger partial charge in [0.2, 0.25) is 5.91 Å². The molecule has 2 aromatic rings. The molecule has 6 aliphatic rings. The van der Waals surface area contributed by atoms with Crippen LogP contribution in [0.3, 0.4) is 0 Å². The number of fused-ring (bicyclic) bond motifs is 5. The highest BCUT2D eigenvalue weighted by Crippen LogP contribution is 2.63. The number of aliphatic hydroxyl groups is 1. The summed E-state index contributed by atoms with van der Waals surface area (Å²) in [5, 5.41) is 14.6. The molecule has 38 heavy (non-hydrogen) atoms. The number of amides is 2. The summed E-state index contributed by atoms with van der Waals surface area (Å²) in [4.78, 5) is 34.0. The smallest absolute Gasteiger partial charge is 0.252 e. The van der Waals surface area contributed by atoms with Gasteiger partial charge in [-0.05, 0) is 84.9 Å². The fourth-order valence-electron chi connectivity index (χ4n) is 7.75. The number of hydrogen-bond donors (Lipinski definition) is 3. The van der Waals surface area contributed by atoms with Crippen LogP contribution < -0.4 is 11.1 Å². The molecule has 4 atom stereocenters. The summed E-state index contributed by atoms with van der Waals surface area (Å²) < 4.78 is 0. The molecule has 1 spiro atoms. The predicted octanol–water partition coefficient (Wildman–Crippen LogP) is 3.80. The molecular formula is C31H36N4O3. The van der Waals surface area contributed by atoms with Gasteiger partial charge in [0.15, 0.2) is 5.96 Å². The van der Waals surface area contributed by atoms with Crippen LogP contribution in [0, 0.1) is 0 Å². The Morgan fingerprint density at radius 1 is 1.08 bits per heavy atom. The molecule has 0 unspecified atom stereocenters. The topological polar surface area (TPSA) is 108 Å². The minimum atomic E-state index is -0.920. The number of hydrogen-bond acceptors (Lipinski definition) is 5. The first kappa shape index (κ1) is 23.9. The lowest BCUT2D eigenvalue weighted by Crippen LogP contribution is -2.53. The van der Waals surface area contributed by atoms with Crippen molar-refractivity contribution in [3.8, 4) is 0 Å². The van der Waals surface area contributed by atoms with Crippen LogP contribution in [0.1, 0.15) is 103 Å². The molecule has 7 heteroatoms. The number of benzene rings is 2. The molecule has 3 heterocycles. The van der Waals surface area contributed by atoms with E-state index < -0.39 is 16.7 Å². The largest absolute Gasteiger partial charge is 0.387 e. The van der Waals surface area contributed by atoms with E-state index in [-0.39, 0.29) is 17.9 Å². The fraction of sp³-hybridized carbons (Fsp3) is 0.516. The van der Waals surface area contributed by atoms with Gasteiger partial charge < -0.3 is 16.2 Å². The molecule has 0 aromatic heterocycles. The van der Waals surface area contributed by atoms with Crippen molar-refractivity contribution in [1.29, 1.82) is 0 Å². The number of carbonyl (C=O) groups excluding carboxylic acids is 2. The Balaban J connectivity index is 1.33. The van der Waals surface area contributed by atoms with Crippen molar-refractivity contribution >= 4 is 17.8 Å². The average molecular weight is 513 g/mol. The summed E-state index contributed by atoms with van der Waals surface area (Å²) in [6.45, 7) is 2.10. The lowest BCUT2D eigenvalue weighted by Gasteiger charge is -2.42. The number of guanidine groups is 1. The minimum Gasteiger partial charge on any atom is -0.387 e. The number of rotatable bonds is 1. The number of carbonyl (C=O) groups is 2. The van der Waals surface area contributed by atoms with Gasteiger partial charge >= 0.3 is 0 Å². The van der Waals surface area contributed by atoms with E-state index in [1.165, 1.54) is 5.56 Å². The van der Waals surface area contributed by atoms with Crippen molar-refractivity contribution in [3.63, 3.8) is 0 Å². The van der Waals surface area contributed by atoms with Crippen molar-refractivity contribution in [2.24, 2.45) is 10.7 Å². The second kappa shape index (κ2) is 8.15. The molecule has 198 valence electrons. The van der Waals surface area contributed by atoms with Gasteiger partial charge in [0.1, 0.15) is 0 Å². The van der Waals surface area contributed by atoms with E-state index in [4.69, 9.17) is 10.7 Å². The van der Waals surface area contributed by atoms with Crippen LogP contribution in [0.15, 0.2) is 41.4 Å². The zero-order valence-corrected chi connectivity index (χ0v) is 22.1. The maximum absolute atomic E-state index is 13.7. The van der Waals surface area contributed by atoms with Crippen molar-refractivity contribution in [1.82, 2.24) is 10.2 Å². The monoisotopic (exact) mass is 512 g/mol. The second-order valence-electron chi connectivity index (χ2n) is 12.3. The van der Waals surface area contributed by atoms with Gasteiger partial charge in [-0.3, -0.25) is 14.5 Å². The van der Waals surface area contributed by atoms with Gasteiger partial charge in [0.05, 0.1) is 29.1 Å². The number of nitrogens with zero attached hydrogens (tertiary/aromatic N) is 2. The highest BCUT2D eigenvalue weighted by atomic mass is 16.3. The lowest BCUT2D eigenvalue weighted by atomic mass is 9.82. The second-order valence-corrected chi connectivity index (χ2v) is 12.3. The molecule has 2 aromatic carbocycles. The molecule has 8 rings (SSSR count). The van der Waals surface area contributed by atoms with Crippen LogP contribution in [0.5, 0.6) is 0 Å². The Hall–Kier alpha value is -3.19. The zero-order chi connectivity index (χ0) is 26.3. The summed E-state index contributed by atoms with van der Waals surface area (Å²) in [6, 6.07) is 12.1. The number of aryl methyl sites for hydroxylation is 2. The third-order valence-corrected chi connectivity index (χ3v) is 10.0. The molecule has 7 nitrogen and oxygen atoms in total. The Morgan fingerprint density at radius 3 is 2.74 bits per heavy atom. The van der Waals surface area contributed by atoms with Gasteiger partial charge in [-0.15, -0.1) is 0 Å². The maximum Gasteiger partial charge on any atom is 0.252 e. The molecule has 6 bridgehead atoms. The predicted molar refractivity (Wildman–Crippen MR) is 145 cm³/mol. The SMILES string of the molecule is CC[C@@]12CCCCc3ccc4c(c3)[C@]3(C[C@@]3(O)C4)NC(=O)c3ccc4c(c3)[C@@H](CCC4)N(C(=O)C1)C(N)=N2. The summed E-state index contributed by atoms with van der Waals surface area (Å²) in [6.07, 6.45) is 8.59. The summed E-state index contributed by atoms with van der Waals surface area (Å²) in [7, 11) is 0. The quantitative estimate of drug-likeness (QED) is 0.540. The van der Waals surface area contributed by atoms with E-state index in [1.54, 1.807) is 4.90 Å². The molecule has 2 amide bonds. The molecule has 0 saturated heterocycles. The van der Waals surface area contributed by atoms with Crippen LogP contribution >= 0.6 is 0 Å². The molecular weight excluding hydrogens is 476 g/mol. The van der Waals surface area contributed by atoms with Crippen molar-refractivity contribution in [2.75, 3.05) is 0 Å². The first-order valence-corrected chi connectivity index (χ1v) is 14.2.